The van der Waals surface area contributed by atoms with Crippen LogP contribution in [0.3, 0.4) is 0 Å². The van der Waals surface area contributed by atoms with Crippen molar-refractivity contribution < 1.29 is 48.0 Å². The number of carboxylic acids is 1. The first kappa shape index (κ1) is 48.6. The molecule has 0 aromatic heterocycles. The van der Waals surface area contributed by atoms with Crippen LogP contribution in [-0.4, -0.2) is 71.4 Å². The molecule has 0 atom stereocenters. The second kappa shape index (κ2) is 23.0. The van der Waals surface area contributed by atoms with Crippen molar-refractivity contribution in [1.82, 2.24) is 15.8 Å². The zero-order valence-electron chi connectivity index (χ0n) is 35.9. The van der Waals surface area contributed by atoms with E-state index in [-0.39, 0.29) is 36.7 Å². The van der Waals surface area contributed by atoms with Gasteiger partial charge in [-0.15, -0.1) is 0 Å². The number of ether oxygens (including phenoxy) is 4. The highest BCUT2D eigenvalue weighted by Gasteiger charge is 2.32. The molecule has 3 rings (SSSR count). The van der Waals surface area contributed by atoms with Gasteiger partial charge in [0.2, 0.25) is 5.91 Å². The second-order valence-corrected chi connectivity index (χ2v) is 15.7. The van der Waals surface area contributed by atoms with Gasteiger partial charge >= 0.3 is 23.9 Å². The Morgan fingerprint density at radius 3 is 1.41 bits per heavy atom. The van der Waals surface area contributed by atoms with Gasteiger partial charge in [0.25, 0.3) is 0 Å². The monoisotopic (exact) mass is 805 g/mol. The van der Waals surface area contributed by atoms with Crippen molar-refractivity contribution in [2.45, 2.75) is 124 Å². The standard InChI is InChI=1S/C29H41N3O5.C16H22O5/c1-8-36-26(34)29(5,6)37-24-18-14-21(15-19-24)10-9-11-25(33)31-32(27(35)30-7)20-22-12-16-23(17-13-22)28(2,3)4;1-4-20-15(19)16(2,3)21-13-10-8-12(9-11-13)6-5-7-14(17)18/h12-19H,8-11,20H2,1-7H3,(H,30,35)(H,31,33);8-11H,4-7H2,1-3H3,(H,17,18). The smallest absolute Gasteiger partial charge is 0.349 e. The van der Waals surface area contributed by atoms with Gasteiger partial charge in [-0.05, 0) is 119 Å². The largest absolute Gasteiger partial charge is 0.481 e. The lowest BCUT2D eigenvalue weighted by atomic mass is 9.87. The number of hydrogen-bond acceptors (Lipinski definition) is 9. The molecule has 13 nitrogen and oxygen atoms in total. The Balaban J connectivity index is 0.000000467. The summed E-state index contributed by atoms with van der Waals surface area (Å²) >= 11 is 0. The number of aryl methyl sites for hydroxylation is 2. The highest BCUT2D eigenvalue weighted by atomic mass is 16.6. The predicted molar refractivity (Wildman–Crippen MR) is 222 cm³/mol. The quantitative estimate of drug-likeness (QED) is 0.0855. The number of esters is 2. The van der Waals surface area contributed by atoms with Gasteiger partial charge in [0, 0.05) is 19.9 Å². The number of amides is 3. The number of carbonyl (C=O) groups is 5. The van der Waals surface area contributed by atoms with Gasteiger partial charge in [-0.1, -0.05) is 69.3 Å². The lowest BCUT2D eigenvalue weighted by Gasteiger charge is -2.24. The number of carbonyl (C=O) groups excluding carboxylic acids is 4. The summed E-state index contributed by atoms with van der Waals surface area (Å²) in [5.41, 5.74) is 4.84. The minimum absolute atomic E-state index is 0.0415. The van der Waals surface area contributed by atoms with E-state index in [2.05, 4.69) is 31.5 Å². The van der Waals surface area contributed by atoms with E-state index in [1.807, 2.05) is 48.5 Å². The number of nitrogens with one attached hydrogen (secondary N) is 2. The zero-order valence-corrected chi connectivity index (χ0v) is 35.9. The van der Waals surface area contributed by atoms with Crippen LogP contribution in [0, 0.1) is 0 Å². The molecule has 13 heteroatoms. The number of urea groups is 1. The van der Waals surface area contributed by atoms with Crippen LogP contribution in [0.15, 0.2) is 72.8 Å². The molecule has 3 N–H and O–H groups in total. The maximum atomic E-state index is 12.6. The molecular formula is C45H63N3O10. The maximum Gasteiger partial charge on any atom is 0.349 e. The fraction of sp³-hybridized carbons (Fsp3) is 0.489. The van der Waals surface area contributed by atoms with E-state index in [9.17, 15) is 24.0 Å². The van der Waals surface area contributed by atoms with Gasteiger partial charge in [0.05, 0.1) is 19.8 Å². The third kappa shape index (κ3) is 17.3. The molecule has 58 heavy (non-hydrogen) atoms. The van der Waals surface area contributed by atoms with Gasteiger partial charge in [0.1, 0.15) is 11.5 Å². The average Bonchev–Trinajstić information content (AvgIpc) is 3.15. The summed E-state index contributed by atoms with van der Waals surface area (Å²) < 4.78 is 21.4. The predicted octanol–water partition coefficient (Wildman–Crippen LogP) is 7.71. The molecule has 0 aliphatic heterocycles. The van der Waals surface area contributed by atoms with E-state index in [4.69, 9.17) is 24.1 Å². The number of hydrogen-bond donors (Lipinski definition) is 3. The number of rotatable bonds is 18. The van der Waals surface area contributed by atoms with Crippen LogP contribution in [0.2, 0.25) is 0 Å². The molecule has 3 aromatic carbocycles. The first-order chi connectivity index (χ1) is 27.2. The molecule has 0 aliphatic rings. The van der Waals surface area contributed by atoms with Crippen molar-refractivity contribution >= 4 is 29.8 Å². The third-order valence-electron chi connectivity index (χ3n) is 8.73. The molecule has 0 fully saturated rings. The van der Waals surface area contributed by atoms with Crippen LogP contribution in [-0.2, 0) is 53.5 Å². The van der Waals surface area contributed by atoms with Crippen molar-refractivity contribution in [2.75, 3.05) is 20.3 Å². The first-order valence-electron chi connectivity index (χ1n) is 19.7. The van der Waals surface area contributed by atoms with Crippen molar-refractivity contribution in [3.05, 3.63) is 95.1 Å². The van der Waals surface area contributed by atoms with Crippen molar-refractivity contribution in [3.8, 4) is 11.5 Å². The van der Waals surface area contributed by atoms with E-state index >= 15 is 0 Å². The highest BCUT2D eigenvalue weighted by Crippen LogP contribution is 2.24. The molecule has 0 spiro atoms. The van der Waals surface area contributed by atoms with Gasteiger partial charge in [-0.25, -0.2) is 19.4 Å². The molecule has 0 heterocycles. The molecule has 0 unspecified atom stereocenters. The number of benzene rings is 3. The Kier molecular flexibility index (Phi) is 19.2. The zero-order chi connectivity index (χ0) is 43.5. The summed E-state index contributed by atoms with van der Waals surface area (Å²) in [6.07, 6.45) is 3.03. The van der Waals surface area contributed by atoms with E-state index in [0.717, 1.165) is 16.7 Å². The summed E-state index contributed by atoms with van der Waals surface area (Å²) in [4.78, 5) is 59.1. The molecule has 0 aliphatic carbocycles. The summed E-state index contributed by atoms with van der Waals surface area (Å²) in [6.45, 7) is 17.5. The fourth-order valence-corrected chi connectivity index (χ4v) is 5.42. The molecule has 0 saturated heterocycles. The van der Waals surface area contributed by atoms with E-state index in [1.165, 1.54) is 17.6 Å². The molecule has 3 aromatic rings. The molecular weight excluding hydrogens is 743 g/mol. The third-order valence-corrected chi connectivity index (χ3v) is 8.73. The lowest BCUT2D eigenvalue weighted by Crippen LogP contribution is -2.49. The van der Waals surface area contributed by atoms with E-state index < -0.39 is 29.1 Å². The van der Waals surface area contributed by atoms with Gasteiger partial charge in [0.15, 0.2) is 11.2 Å². The summed E-state index contributed by atoms with van der Waals surface area (Å²) in [5, 5.41) is 12.5. The summed E-state index contributed by atoms with van der Waals surface area (Å²) in [6, 6.07) is 22.4. The Hall–Kier alpha value is -5.59. The van der Waals surface area contributed by atoms with Gasteiger partial charge < -0.3 is 29.4 Å². The van der Waals surface area contributed by atoms with Crippen molar-refractivity contribution in [2.24, 2.45) is 0 Å². The number of hydrazine groups is 1. The SMILES string of the molecule is CCOC(=O)C(C)(C)Oc1ccc(CCCC(=O)NN(Cc2ccc(C(C)(C)C)cc2)C(=O)NC)cc1.CCOC(=O)C(C)(C)Oc1ccc(CCCC(=O)O)cc1. The molecule has 0 saturated carbocycles. The topological polar surface area (TPSA) is 170 Å². The minimum atomic E-state index is -1.08. The maximum absolute atomic E-state index is 12.6. The van der Waals surface area contributed by atoms with Crippen LogP contribution in [0.4, 0.5) is 4.79 Å². The van der Waals surface area contributed by atoms with Crippen LogP contribution >= 0.6 is 0 Å². The average molecular weight is 806 g/mol. The van der Waals surface area contributed by atoms with Gasteiger partial charge in [-0.3, -0.25) is 15.0 Å². The van der Waals surface area contributed by atoms with Crippen LogP contribution in [0.1, 0.15) is 110 Å². The Morgan fingerprint density at radius 1 is 0.621 bits per heavy atom. The minimum Gasteiger partial charge on any atom is -0.481 e. The van der Waals surface area contributed by atoms with Crippen LogP contribution in [0.25, 0.3) is 0 Å². The summed E-state index contributed by atoms with van der Waals surface area (Å²) in [7, 11) is 1.53. The Labute approximate surface area is 343 Å². The molecule has 0 bridgehead atoms. The molecule has 318 valence electrons. The van der Waals surface area contributed by atoms with Crippen molar-refractivity contribution in [1.29, 1.82) is 0 Å². The molecule has 3 amide bonds. The summed E-state index contributed by atoms with van der Waals surface area (Å²) in [5.74, 6) is -0.697. The number of nitrogens with zero attached hydrogens (tertiary/aromatic N) is 1. The van der Waals surface area contributed by atoms with E-state index in [1.54, 1.807) is 65.8 Å². The first-order valence-corrected chi connectivity index (χ1v) is 19.7. The highest BCUT2D eigenvalue weighted by molar-refractivity contribution is 5.81. The normalized spacial score (nSPS) is 11.3. The number of aliphatic carboxylic acids is 1. The fourth-order valence-electron chi connectivity index (χ4n) is 5.42. The number of carboxylic acid groups (broad SMARTS) is 1. The Bertz CT molecular complexity index is 1760. The van der Waals surface area contributed by atoms with Crippen molar-refractivity contribution in [3.63, 3.8) is 0 Å². The van der Waals surface area contributed by atoms with E-state index in [0.29, 0.717) is 50.4 Å². The second-order valence-electron chi connectivity index (χ2n) is 15.7. The Morgan fingerprint density at radius 2 is 1.03 bits per heavy atom. The van der Waals surface area contributed by atoms with Crippen LogP contribution in [0.5, 0.6) is 11.5 Å². The lowest BCUT2D eigenvalue weighted by molar-refractivity contribution is -0.159. The van der Waals surface area contributed by atoms with Crippen LogP contribution < -0.4 is 20.2 Å². The molecule has 0 radical (unpaired) electrons. The van der Waals surface area contributed by atoms with Gasteiger partial charge in [-0.2, -0.15) is 0 Å².